The molecule has 0 bridgehead atoms. The van der Waals surface area contributed by atoms with Crippen LogP contribution in [0.15, 0.2) is 30.3 Å². The SMILES string of the molecule is CCOC(=O)O[C@H]1[C@H](O)[C@H](OC(C)=O)[C@@H](OC(=O)c2ccccc2)O[C@@H]1CO[Si](C)(C)C(C)(C)C. The summed E-state index contributed by atoms with van der Waals surface area (Å²) in [6.45, 7) is 13.0. The fourth-order valence-electron chi connectivity index (χ4n) is 3.10. The number of ether oxygens (including phenoxy) is 5. The Kier molecular flexibility index (Phi) is 9.84. The maximum Gasteiger partial charge on any atom is 0.508 e. The second-order valence-electron chi connectivity index (χ2n) is 9.72. The molecule has 35 heavy (non-hydrogen) atoms. The molecule has 10 nitrogen and oxygen atoms in total. The van der Waals surface area contributed by atoms with Gasteiger partial charge in [-0.2, -0.15) is 0 Å². The van der Waals surface area contributed by atoms with E-state index in [1.165, 1.54) is 0 Å². The van der Waals surface area contributed by atoms with Crippen molar-refractivity contribution >= 4 is 26.4 Å². The zero-order valence-corrected chi connectivity index (χ0v) is 22.3. The third kappa shape index (κ3) is 7.76. The van der Waals surface area contributed by atoms with Gasteiger partial charge in [-0.05, 0) is 37.2 Å². The van der Waals surface area contributed by atoms with Crippen molar-refractivity contribution in [3.05, 3.63) is 35.9 Å². The van der Waals surface area contributed by atoms with Gasteiger partial charge in [-0.3, -0.25) is 4.79 Å². The molecule has 1 aliphatic heterocycles. The lowest BCUT2D eigenvalue weighted by molar-refractivity contribution is -0.289. The van der Waals surface area contributed by atoms with Gasteiger partial charge in [0.1, 0.15) is 12.2 Å². The summed E-state index contributed by atoms with van der Waals surface area (Å²) in [5.41, 5.74) is 0.242. The molecule has 0 aromatic heterocycles. The minimum atomic E-state index is -2.27. The van der Waals surface area contributed by atoms with E-state index in [0.29, 0.717) is 0 Å². The maximum atomic E-state index is 12.7. The molecule has 5 atom stereocenters. The highest BCUT2D eigenvalue weighted by Gasteiger charge is 2.52. The largest absolute Gasteiger partial charge is 0.508 e. The van der Waals surface area contributed by atoms with Gasteiger partial charge < -0.3 is 33.2 Å². The number of hydrogen-bond acceptors (Lipinski definition) is 10. The van der Waals surface area contributed by atoms with Gasteiger partial charge in [0.25, 0.3) is 0 Å². The van der Waals surface area contributed by atoms with Crippen LogP contribution in [0.4, 0.5) is 4.79 Å². The van der Waals surface area contributed by atoms with Crippen LogP contribution in [0, 0.1) is 0 Å². The van der Waals surface area contributed by atoms with Crippen LogP contribution in [0.3, 0.4) is 0 Å². The standard InChI is InChI=1S/C24H36O10Si/c1-8-29-23(28)33-19-17(14-30-35(6,7)24(3,4)5)32-22(20(18(19)26)31-15(2)25)34-21(27)16-12-10-9-11-13-16/h9-13,17-20,22,26H,8,14H2,1-7H3/t17-,18+,19-,20+,22-/m1/s1. The van der Waals surface area contributed by atoms with Crippen LogP contribution in [-0.4, -0.2) is 75.4 Å². The maximum absolute atomic E-state index is 12.7. The Hall–Kier alpha value is -2.47. The number of aliphatic hydroxyl groups excluding tert-OH is 1. The molecule has 1 aromatic carbocycles. The van der Waals surface area contributed by atoms with E-state index in [-0.39, 0.29) is 23.8 Å². The van der Waals surface area contributed by atoms with Crippen molar-refractivity contribution in [1.82, 2.24) is 0 Å². The van der Waals surface area contributed by atoms with Gasteiger partial charge in [0, 0.05) is 6.92 Å². The van der Waals surface area contributed by atoms with E-state index < -0.39 is 57.1 Å². The Morgan fingerprint density at radius 2 is 1.66 bits per heavy atom. The summed E-state index contributed by atoms with van der Waals surface area (Å²) in [5.74, 6) is -1.49. The third-order valence-electron chi connectivity index (χ3n) is 6.06. The van der Waals surface area contributed by atoms with E-state index >= 15 is 0 Å². The molecule has 0 amide bonds. The fourth-order valence-corrected chi connectivity index (χ4v) is 4.12. The van der Waals surface area contributed by atoms with Crippen molar-refractivity contribution in [2.24, 2.45) is 0 Å². The topological polar surface area (TPSA) is 127 Å². The molecule has 1 fully saturated rings. The normalized spacial score (nSPS) is 24.9. The highest BCUT2D eigenvalue weighted by Crippen LogP contribution is 2.37. The van der Waals surface area contributed by atoms with Crippen LogP contribution in [0.2, 0.25) is 18.1 Å². The summed E-state index contributed by atoms with van der Waals surface area (Å²) < 4.78 is 33.0. The number of benzene rings is 1. The Morgan fingerprint density at radius 1 is 1.03 bits per heavy atom. The van der Waals surface area contributed by atoms with Crippen LogP contribution < -0.4 is 0 Å². The molecule has 0 saturated carbocycles. The molecule has 0 radical (unpaired) electrons. The quantitative estimate of drug-likeness (QED) is 0.314. The molecule has 11 heteroatoms. The number of hydrogen-bond donors (Lipinski definition) is 1. The molecular formula is C24H36O10Si. The molecule has 1 saturated heterocycles. The van der Waals surface area contributed by atoms with E-state index in [9.17, 15) is 19.5 Å². The van der Waals surface area contributed by atoms with Gasteiger partial charge in [0.15, 0.2) is 20.5 Å². The van der Waals surface area contributed by atoms with Gasteiger partial charge in [-0.15, -0.1) is 0 Å². The van der Waals surface area contributed by atoms with E-state index in [4.69, 9.17) is 28.1 Å². The Bertz CT molecular complexity index is 867. The summed E-state index contributed by atoms with van der Waals surface area (Å²) in [5, 5.41) is 11.0. The van der Waals surface area contributed by atoms with E-state index in [0.717, 1.165) is 6.92 Å². The monoisotopic (exact) mass is 512 g/mol. The fraction of sp³-hybridized carbons (Fsp3) is 0.625. The van der Waals surface area contributed by atoms with Crippen molar-refractivity contribution in [1.29, 1.82) is 0 Å². The third-order valence-corrected chi connectivity index (χ3v) is 10.6. The van der Waals surface area contributed by atoms with Crippen LogP contribution in [0.25, 0.3) is 0 Å². The minimum absolute atomic E-state index is 0.0539. The van der Waals surface area contributed by atoms with Crippen LogP contribution in [0.1, 0.15) is 45.0 Å². The molecule has 0 spiro atoms. The first-order chi connectivity index (χ1) is 16.3. The predicted octanol–water partition coefficient (Wildman–Crippen LogP) is 3.42. The number of aliphatic hydroxyl groups is 1. The summed E-state index contributed by atoms with van der Waals surface area (Å²) in [6, 6.07) is 8.16. The van der Waals surface area contributed by atoms with Crippen LogP contribution in [-0.2, 0) is 32.9 Å². The average molecular weight is 513 g/mol. The summed E-state index contributed by atoms with van der Waals surface area (Å²) in [7, 11) is -2.27. The van der Waals surface area contributed by atoms with Gasteiger partial charge in [0.2, 0.25) is 6.29 Å². The lowest BCUT2D eigenvalue weighted by Crippen LogP contribution is -2.62. The highest BCUT2D eigenvalue weighted by molar-refractivity contribution is 6.74. The van der Waals surface area contributed by atoms with Gasteiger partial charge >= 0.3 is 18.1 Å². The second kappa shape index (κ2) is 12.0. The Labute approximate surface area is 206 Å². The number of esters is 2. The van der Waals surface area contributed by atoms with Crippen molar-refractivity contribution in [3.8, 4) is 0 Å². The van der Waals surface area contributed by atoms with Crippen LogP contribution in [0.5, 0.6) is 0 Å². The van der Waals surface area contributed by atoms with Crippen molar-refractivity contribution in [3.63, 3.8) is 0 Å². The van der Waals surface area contributed by atoms with E-state index in [1.54, 1.807) is 37.3 Å². The predicted molar refractivity (Wildman–Crippen MR) is 127 cm³/mol. The summed E-state index contributed by atoms with van der Waals surface area (Å²) in [6.07, 6.45) is -7.89. The number of carbonyl (C=O) groups is 3. The van der Waals surface area contributed by atoms with Crippen molar-refractivity contribution in [2.75, 3.05) is 13.2 Å². The molecule has 0 unspecified atom stereocenters. The zero-order valence-electron chi connectivity index (χ0n) is 21.3. The average Bonchev–Trinajstić information content (AvgIpc) is 2.76. The molecule has 0 aliphatic carbocycles. The van der Waals surface area contributed by atoms with E-state index in [2.05, 4.69) is 20.8 Å². The second-order valence-corrected chi connectivity index (χ2v) is 14.5. The first kappa shape index (κ1) is 28.8. The molecular weight excluding hydrogens is 476 g/mol. The summed E-state index contributed by atoms with van der Waals surface area (Å²) >= 11 is 0. The highest BCUT2D eigenvalue weighted by atomic mass is 28.4. The molecule has 1 aromatic rings. The Balaban J connectivity index is 2.34. The van der Waals surface area contributed by atoms with E-state index in [1.807, 2.05) is 13.1 Å². The van der Waals surface area contributed by atoms with Crippen LogP contribution >= 0.6 is 0 Å². The molecule has 196 valence electrons. The molecule has 2 rings (SSSR count). The van der Waals surface area contributed by atoms with Gasteiger partial charge in [0.05, 0.1) is 18.8 Å². The lowest BCUT2D eigenvalue weighted by atomic mass is 9.98. The first-order valence-electron chi connectivity index (χ1n) is 11.5. The smallest absolute Gasteiger partial charge is 0.453 e. The van der Waals surface area contributed by atoms with Gasteiger partial charge in [-0.1, -0.05) is 39.0 Å². The summed E-state index contributed by atoms with van der Waals surface area (Å²) in [4.78, 5) is 36.6. The van der Waals surface area contributed by atoms with Crippen molar-refractivity contribution in [2.45, 2.75) is 83.5 Å². The Morgan fingerprint density at radius 3 is 2.20 bits per heavy atom. The van der Waals surface area contributed by atoms with Crippen molar-refractivity contribution < 1.29 is 47.6 Å². The molecule has 1 N–H and O–H groups in total. The first-order valence-corrected chi connectivity index (χ1v) is 14.4. The lowest BCUT2D eigenvalue weighted by Gasteiger charge is -2.44. The molecule has 1 heterocycles. The number of rotatable bonds is 8. The van der Waals surface area contributed by atoms with Gasteiger partial charge in [-0.25, -0.2) is 9.59 Å². The zero-order chi connectivity index (χ0) is 26.4. The number of carbonyl (C=O) groups excluding carboxylic acids is 3. The molecule has 1 aliphatic rings. The minimum Gasteiger partial charge on any atom is -0.453 e.